The number of anilines is 1. The van der Waals surface area contributed by atoms with Gasteiger partial charge in [-0.05, 0) is 23.8 Å². The monoisotopic (exact) mass is 296 g/mol. The number of fused-ring (bicyclic) bond motifs is 1. The first kappa shape index (κ1) is 14.1. The third-order valence-corrected chi connectivity index (χ3v) is 3.35. The summed E-state index contributed by atoms with van der Waals surface area (Å²) >= 11 is 0. The Morgan fingerprint density at radius 1 is 1.09 bits per heavy atom. The smallest absolute Gasteiger partial charge is 0.163 e. The van der Waals surface area contributed by atoms with Crippen LogP contribution < -0.4 is 15.2 Å². The van der Waals surface area contributed by atoms with Crippen molar-refractivity contribution in [3.8, 4) is 11.5 Å². The summed E-state index contributed by atoms with van der Waals surface area (Å²) in [5.74, 6) is 1.68. The highest BCUT2D eigenvalue weighted by atomic mass is 16.5. The molecule has 3 rings (SSSR count). The van der Waals surface area contributed by atoms with E-state index in [-0.39, 0.29) is 0 Å². The largest absolute Gasteiger partial charge is 0.493 e. The van der Waals surface area contributed by atoms with Crippen molar-refractivity contribution in [2.45, 2.75) is 6.42 Å². The molecule has 0 atom stereocenters. The predicted molar refractivity (Wildman–Crippen MR) is 83.9 cm³/mol. The molecule has 6 heteroatoms. The summed E-state index contributed by atoms with van der Waals surface area (Å²) in [6, 6.07) is 7.55. The molecule has 3 aromatic rings. The van der Waals surface area contributed by atoms with E-state index in [1.54, 1.807) is 25.6 Å². The summed E-state index contributed by atoms with van der Waals surface area (Å²) < 4.78 is 11.2. The number of ether oxygens (including phenoxy) is 2. The molecule has 6 nitrogen and oxygen atoms in total. The van der Waals surface area contributed by atoms with Crippen molar-refractivity contribution in [3.05, 3.63) is 48.5 Å². The van der Waals surface area contributed by atoms with Crippen molar-refractivity contribution in [1.29, 1.82) is 0 Å². The fraction of sp³-hybridized carbons (Fsp3) is 0.188. The first-order valence-corrected chi connectivity index (χ1v) is 6.88. The lowest BCUT2D eigenvalue weighted by Crippen LogP contribution is -2.03. The van der Waals surface area contributed by atoms with Gasteiger partial charge in [0.25, 0.3) is 0 Å². The molecule has 0 aliphatic carbocycles. The second-order valence-electron chi connectivity index (χ2n) is 4.73. The zero-order valence-corrected chi connectivity index (χ0v) is 12.2. The van der Waals surface area contributed by atoms with Gasteiger partial charge in [-0.25, -0.2) is 9.97 Å². The van der Waals surface area contributed by atoms with Gasteiger partial charge in [0.05, 0.1) is 19.2 Å². The van der Waals surface area contributed by atoms with Crippen LogP contribution in [0.3, 0.4) is 0 Å². The molecule has 0 aliphatic rings. The second kappa shape index (κ2) is 6.26. The van der Waals surface area contributed by atoms with Gasteiger partial charge in [0, 0.05) is 30.3 Å². The van der Waals surface area contributed by atoms with Gasteiger partial charge in [-0.15, -0.1) is 0 Å². The van der Waals surface area contributed by atoms with Gasteiger partial charge in [0.15, 0.2) is 11.5 Å². The van der Waals surface area contributed by atoms with Crippen LogP contribution in [0.2, 0.25) is 0 Å². The van der Waals surface area contributed by atoms with Gasteiger partial charge in [-0.2, -0.15) is 0 Å². The minimum absolute atomic E-state index is 0.423. The molecule has 0 aliphatic heterocycles. The number of benzene rings is 1. The summed E-state index contributed by atoms with van der Waals surface area (Å²) in [7, 11) is 1.59. The topological polar surface area (TPSA) is 83.2 Å². The average Bonchev–Trinajstić information content (AvgIpc) is 2.55. The molecule has 0 spiro atoms. The number of pyridine rings is 1. The summed E-state index contributed by atoms with van der Waals surface area (Å²) in [5.41, 5.74) is 7.75. The van der Waals surface area contributed by atoms with E-state index in [0.717, 1.165) is 17.3 Å². The van der Waals surface area contributed by atoms with E-state index < -0.39 is 0 Å². The average molecular weight is 296 g/mol. The quantitative estimate of drug-likeness (QED) is 0.777. The molecular formula is C16H16N4O2. The molecule has 112 valence electrons. The maximum Gasteiger partial charge on any atom is 0.163 e. The van der Waals surface area contributed by atoms with Crippen LogP contribution in [-0.4, -0.2) is 28.7 Å². The number of nitrogens with zero attached hydrogens (tertiary/aromatic N) is 3. The number of nitrogens with two attached hydrogens (primary N) is 1. The Bertz CT molecular complexity index is 778. The Hall–Kier alpha value is -2.89. The lowest BCUT2D eigenvalue weighted by molar-refractivity contribution is 0.298. The van der Waals surface area contributed by atoms with Crippen LogP contribution in [0.4, 0.5) is 5.82 Å². The molecule has 0 saturated carbocycles. The van der Waals surface area contributed by atoms with E-state index >= 15 is 0 Å². The molecule has 1 aromatic carbocycles. The van der Waals surface area contributed by atoms with Crippen molar-refractivity contribution in [2.75, 3.05) is 19.5 Å². The number of hydrogen-bond donors (Lipinski definition) is 1. The van der Waals surface area contributed by atoms with Crippen molar-refractivity contribution in [3.63, 3.8) is 0 Å². The zero-order chi connectivity index (χ0) is 15.4. The molecule has 2 N–H and O–H groups in total. The molecule has 2 heterocycles. The summed E-state index contributed by atoms with van der Waals surface area (Å²) in [5, 5.41) is 0.751. The van der Waals surface area contributed by atoms with Crippen LogP contribution in [-0.2, 0) is 6.42 Å². The third-order valence-electron chi connectivity index (χ3n) is 3.35. The summed E-state index contributed by atoms with van der Waals surface area (Å²) in [6.45, 7) is 0.534. The van der Waals surface area contributed by atoms with Crippen molar-refractivity contribution in [2.24, 2.45) is 0 Å². The van der Waals surface area contributed by atoms with E-state index in [1.807, 2.05) is 18.2 Å². The van der Waals surface area contributed by atoms with Crippen LogP contribution in [0, 0.1) is 0 Å². The Morgan fingerprint density at radius 2 is 1.91 bits per heavy atom. The van der Waals surface area contributed by atoms with Crippen molar-refractivity contribution in [1.82, 2.24) is 15.0 Å². The minimum atomic E-state index is 0.423. The summed E-state index contributed by atoms with van der Waals surface area (Å²) in [6.07, 6.45) is 5.76. The van der Waals surface area contributed by atoms with Gasteiger partial charge < -0.3 is 15.2 Å². The van der Waals surface area contributed by atoms with Crippen LogP contribution in [0.25, 0.3) is 10.9 Å². The molecule has 2 aromatic heterocycles. The Kier molecular flexibility index (Phi) is 4.00. The first-order valence-electron chi connectivity index (χ1n) is 6.88. The highest BCUT2D eigenvalue weighted by molar-refractivity contribution is 5.90. The van der Waals surface area contributed by atoms with Gasteiger partial charge in [0.1, 0.15) is 12.1 Å². The molecule has 0 fully saturated rings. The van der Waals surface area contributed by atoms with E-state index in [0.29, 0.717) is 23.9 Å². The number of rotatable bonds is 5. The first-order chi connectivity index (χ1) is 10.8. The molecule has 0 saturated heterocycles. The number of nitrogen functional groups attached to an aromatic ring is 1. The predicted octanol–water partition coefficient (Wildman–Crippen LogP) is 2.24. The maximum atomic E-state index is 5.85. The van der Waals surface area contributed by atoms with E-state index in [4.69, 9.17) is 15.2 Å². The molecule has 0 radical (unpaired) electrons. The Labute approximate surface area is 127 Å². The van der Waals surface area contributed by atoms with Gasteiger partial charge in [0.2, 0.25) is 0 Å². The fourth-order valence-corrected chi connectivity index (χ4v) is 2.18. The molecule has 0 amide bonds. The number of hydrogen-bond acceptors (Lipinski definition) is 6. The zero-order valence-electron chi connectivity index (χ0n) is 12.2. The highest BCUT2D eigenvalue weighted by Gasteiger charge is 2.10. The molecule has 0 bridgehead atoms. The maximum absolute atomic E-state index is 5.85. The third kappa shape index (κ3) is 2.90. The lowest BCUT2D eigenvalue weighted by Gasteiger charge is -2.12. The van der Waals surface area contributed by atoms with E-state index in [1.165, 1.54) is 11.9 Å². The van der Waals surface area contributed by atoms with E-state index in [2.05, 4.69) is 15.0 Å². The van der Waals surface area contributed by atoms with Gasteiger partial charge in [-0.3, -0.25) is 4.98 Å². The van der Waals surface area contributed by atoms with Crippen LogP contribution in [0.15, 0.2) is 43.0 Å². The standard InChI is InChI=1S/C16H16N4O2/c1-21-14-8-12-13(19-10-20-16(12)17)9-15(14)22-7-4-11-2-5-18-6-3-11/h2-3,5-6,8-10H,4,7H2,1H3,(H2,17,19,20). The number of methoxy groups -OCH3 is 1. The van der Waals surface area contributed by atoms with Crippen LogP contribution in [0.5, 0.6) is 11.5 Å². The van der Waals surface area contributed by atoms with Gasteiger partial charge >= 0.3 is 0 Å². The number of aromatic nitrogens is 3. The minimum Gasteiger partial charge on any atom is -0.493 e. The van der Waals surface area contributed by atoms with Gasteiger partial charge in [-0.1, -0.05) is 0 Å². The summed E-state index contributed by atoms with van der Waals surface area (Å²) in [4.78, 5) is 12.2. The van der Waals surface area contributed by atoms with Crippen LogP contribution >= 0.6 is 0 Å². The molecule has 0 unspecified atom stereocenters. The lowest BCUT2D eigenvalue weighted by atomic mass is 10.2. The molecule has 22 heavy (non-hydrogen) atoms. The normalized spacial score (nSPS) is 10.6. The Morgan fingerprint density at radius 3 is 2.68 bits per heavy atom. The highest BCUT2D eigenvalue weighted by Crippen LogP contribution is 2.33. The Balaban J connectivity index is 1.80. The SMILES string of the molecule is COc1cc2c(N)ncnc2cc1OCCc1ccncc1. The fourth-order valence-electron chi connectivity index (χ4n) is 2.18. The van der Waals surface area contributed by atoms with Crippen molar-refractivity contribution < 1.29 is 9.47 Å². The van der Waals surface area contributed by atoms with Crippen molar-refractivity contribution >= 4 is 16.7 Å². The second-order valence-corrected chi connectivity index (χ2v) is 4.73. The molecular weight excluding hydrogens is 280 g/mol. The van der Waals surface area contributed by atoms with E-state index in [9.17, 15) is 0 Å². The van der Waals surface area contributed by atoms with Crippen LogP contribution in [0.1, 0.15) is 5.56 Å².